The van der Waals surface area contributed by atoms with Crippen molar-refractivity contribution in [2.45, 2.75) is 6.92 Å². The number of amides is 1. The van der Waals surface area contributed by atoms with Gasteiger partial charge >= 0.3 is 0 Å². The Morgan fingerprint density at radius 1 is 0.962 bits per heavy atom. The van der Waals surface area contributed by atoms with Gasteiger partial charge in [0.1, 0.15) is 0 Å². The molecule has 2 rings (SSSR count). The molecule has 1 N–H and O–H groups in total. The van der Waals surface area contributed by atoms with Gasteiger partial charge < -0.3 is 19.5 Å². The SMILES string of the molecule is COc1ccc(/C=C/C(=O)Nc2cccc(C(C)=O)c2)c(OC)c1OC. The molecule has 0 spiro atoms. The second-order valence-electron chi connectivity index (χ2n) is 5.38. The molecule has 0 unspecified atom stereocenters. The van der Waals surface area contributed by atoms with Crippen molar-refractivity contribution in [3.63, 3.8) is 0 Å². The molecule has 2 aromatic rings. The molecular weight excluding hydrogens is 334 g/mol. The maximum atomic E-state index is 12.2. The molecule has 6 heteroatoms. The van der Waals surface area contributed by atoms with Gasteiger partial charge in [0.15, 0.2) is 17.3 Å². The summed E-state index contributed by atoms with van der Waals surface area (Å²) in [5.41, 5.74) is 1.75. The van der Waals surface area contributed by atoms with Crippen LogP contribution in [0.2, 0.25) is 0 Å². The van der Waals surface area contributed by atoms with Crippen molar-refractivity contribution in [3.8, 4) is 17.2 Å². The second kappa shape index (κ2) is 8.71. The summed E-state index contributed by atoms with van der Waals surface area (Å²) in [5.74, 6) is 1.06. The van der Waals surface area contributed by atoms with E-state index in [4.69, 9.17) is 14.2 Å². The monoisotopic (exact) mass is 355 g/mol. The molecule has 1 amide bonds. The maximum Gasteiger partial charge on any atom is 0.248 e. The number of Topliss-reactive ketones (excluding diaryl/α,β-unsaturated/α-hetero) is 1. The van der Waals surface area contributed by atoms with Gasteiger partial charge in [-0.2, -0.15) is 0 Å². The van der Waals surface area contributed by atoms with E-state index in [-0.39, 0.29) is 11.7 Å². The van der Waals surface area contributed by atoms with Crippen molar-refractivity contribution < 1.29 is 23.8 Å². The van der Waals surface area contributed by atoms with Gasteiger partial charge in [-0.3, -0.25) is 9.59 Å². The minimum absolute atomic E-state index is 0.0632. The van der Waals surface area contributed by atoms with Crippen LogP contribution in [0.5, 0.6) is 17.2 Å². The third-order valence-corrected chi connectivity index (χ3v) is 3.69. The van der Waals surface area contributed by atoms with Crippen LogP contribution in [-0.2, 0) is 4.79 Å². The van der Waals surface area contributed by atoms with Crippen LogP contribution in [0.1, 0.15) is 22.8 Å². The first-order valence-electron chi connectivity index (χ1n) is 7.89. The Balaban J connectivity index is 2.20. The highest BCUT2D eigenvalue weighted by Crippen LogP contribution is 2.40. The molecular formula is C20H21NO5. The lowest BCUT2D eigenvalue weighted by atomic mass is 10.1. The van der Waals surface area contributed by atoms with Crippen LogP contribution in [0.4, 0.5) is 5.69 Å². The molecule has 0 saturated heterocycles. The zero-order valence-corrected chi connectivity index (χ0v) is 15.2. The first-order valence-corrected chi connectivity index (χ1v) is 7.89. The minimum Gasteiger partial charge on any atom is -0.493 e. The van der Waals surface area contributed by atoms with E-state index >= 15 is 0 Å². The smallest absolute Gasteiger partial charge is 0.248 e. The molecule has 0 bridgehead atoms. The molecule has 0 fully saturated rings. The van der Waals surface area contributed by atoms with E-state index in [9.17, 15) is 9.59 Å². The molecule has 0 aromatic heterocycles. The number of rotatable bonds is 7. The third-order valence-electron chi connectivity index (χ3n) is 3.69. The van der Waals surface area contributed by atoms with Gasteiger partial charge in [0, 0.05) is 22.9 Å². The quantitative estimate of drug-likeness (QED) is 0.607. The first kappa shape index (κ1) is 19.1. The molecule has 0 atom stereocenters. The van der Waals surface area contributed by atoms with Crippen LogP contribution in [0.3, 0.4) is 0 Å². The van der Waals surface area contributed by atoms with Gasteiger partial charge in [-0.05, 0) is 37.3 Å². The van der Waals surface area contributed by atoms with Crippen molar-refractivity contribution in [2.24, 2.45) is 0 Å². The Morgan fingerprint density at radius 3 is 2.31 bits per heavy atom. The number of carbonyl (C=O) groups is 2. The normalized spacial score (nSPS) is 10.5. The molecule has 0 saturated carbocycles. The lowest BCUT2D eigenvalue weighted by molar-refractivity contribution is -0.111. The maximum absolute atomic E-state index is 12.2. The number of ether oxygens (including phenoxy) is 3. The van der Waals surface area contributed by atoms with Gasteiger partial charge in [0.05, 0.1) is 21.3 Å². The van der Waals surface area contributed by atoms with E-state index < -0.39 is 0 Å². The number of methoxy groups -OCH3 is 3. The number of benzene rings is 2. The Kier molecular flexibility index (Phi) is 6.38. The van der Waals surface area contributed by atoms with Gasteiger partial charge in [0.2, 0.25) is 11.7 Å². The highest BCUT2D eigenvalue weighted by Gasteiger charge is 2.14. The van der Waals surface area contributed by atoms with E-state index in [2.05, 4.69) is 5.32 Å². The predicted molar refractivity (Wildman–Crippen MR) is 100 cm³/mol. The van der Waals surface area contributed by atoms with Crippen LogP contribution in [0.25, 0.3) is 6.08 Å². The van der Waals surface area contributed by atoms with Crippen LogP contribution in [-0.4, -0.2) is 33.0 Å². The van der Waals surface area contributed by atoms with E-state index in [0.717, 1.165) is 0 Å². The highest BCUT2D eigenvalue weighted by molar-refractivity contribution is 6.03. The van der Waals surface area contributed by atoms with Crippen LogP contribution >= 0.6 is 0 Å². The zero-order chi connectivity index (χ0) is 19.1. The summed E-state index contributed by atoms with van der Waals surface area (Å²) in [7, 11) is 4.57. The molecule has 2 aromatic carbocycles. The minimum atomic E-state index is -0.331. The Morgan fingerprint density at radius 2 is 1.69 bits per heavy atom. The van der Waals surface area contributed by atoms with Crippen molar-refractivity contribution >= 4 is 23.5 Å². The lowest BCUT2D eigenvalue weighted by Crippen LogP contribution is -2.08. The van der Waals surface area contributed by atoms with E-state index in [1.54, 1.807) is 42.5 Å². The highest BCUT2D eigenvalue weighted by atomic mass is 16.5. The summed E-state index contributed by atoms with van der Waals surface area (Å²) in [5, 5.41) is 2.72. The fourth-order valence-corrected chi connectivity index (χ4v) is 2.42. The first-order chi connectivity index (χ1) is 12.5. The molecule has 26 heavy (non-hydrogen) atoms. The summed E-state index contributed by atoms with van der Waals surface area (Å²) in [6, 6.07) is 10.3. The van der Waals surface area contributed by atoms with Crippen LogP contribution in [0, 0.1) is 0 Å². The van der Waals surface area contributed by atoms with Crippen LogP contribution in [0.15, 0.2) is 42.5 Å². The summed E-state index contributed by atoms with van der Waals surface area (Å²) < 4.78 is 15.9. The molecule has 0 heterocycles. The van der Waals surface area contributed by atoms with Crippen LogP contribution < -0.4 is 19.5 Å². The van der Waals surface area contributed by atoms with Crippen molar-refractivity contribution in [1.82, 2.24) is 0 Å². The number of carbonyl (C=O) groups excluding carboxylic acids is 2. The summed E-state index contributed by atoms with van der Waals surface area (Å²) >= 11 is 0. The zero-order valence-electron chi connectivity index (χ0n) is 15.2. The average molecular weight is 355 g/mol. The third kappa shape index (κ3) is 4.42. The predicted octanol–water partition coefficient (Wildman–Crippen LogP) is 3.57. The number of hydrogen-bond donors (Lipinski definition) is 1. The molecule has 6 nitrogen and oxygen atoms in total. The second-order valence-corrected chi connectivity index (χ2v) is 5.38. The van der Waals surface area contributed by atoms with Crippen molar-refractivity contribution in [1.29, 1.82) is 0 Å². The van der Waals surface area contributed by atoms with Gasteiger partial charge in [-0.15, -0.1) is 0 Å². The van der Waals surface area contributed by atoms with Crippen molar-refractivity contribution in [3.05, 3.63) is 53.6 Å². The van der Waals surface area contributed by atoms with E-state index in [0.29, 0.717) is 34.1 Å². The van der Waals surface area contributed by atoms with Gasteiger partial charge in [-0.25, -0.2) is 0 Å². The number of nitrogens with one attached hydrogen (secondary N) is 1. The van der Waals surface area contributed by atoms with Crippen molar-refractivity contribution in [2.75, 3.05) is 26.6 Å². The molecule has 0 aliphatic rings. The molecule has 0 radical (unpaired) electrons. The summed E-state index contributed by atoms with van der Waals surface area (Å²) in [6.07, 6.45) is 3.00. The number of ketones is 1. The standard InChI is InChI=1S/C20H21NO5/c1-13(22)15-6-5-7-16(12-15)21-18(23)11-9-14-8-10-17(24-2)20(26-4)19(14)25-3/h5-12H,1-4H3,(H,21,23)/b11-9+. The molecule has 136 valence electrons. The molecule has 0 aliphatic heterocycles. The average Bonchev–Trinajstić information content (AvgIpc) is 2.65. The fraction of sp³-hybridized carbons (Fsp3) is 0.200. The Hall–Kier alpha value is -3.28. The topological polar surface area (TPSA) is 73.9 Å². The molecule has 0 aliphatic carbocycles. The summed E-state index contributed by atoms with van der Waals surface area (Å²) in [4.78, 5) is 23.6. The lowest BCUT2D eigenvalue weighted by Gasteiger charge is -2.14. The largest absolute Gasteiger partial charge is 0.493 e. The summed E-state index contributed by atoms with van der Waals surface area (Å²) in [6.45, 7) is 1.48. The van der Waals surface area contributed by atoms with E-state index in [1.165, 1.54) is 34.3 Å². The number of anilines is 1. The Labute approximate surface area is 152 Å². The van der Waals surface area contributed by atoms with Gasteiger partial charge in [0.25, 0.3) is 0 Å². The van der Waals surface area contributed by atoms with E-state index in [1.807, 2.05) is 0 Å². The van der Waals surface area contributed by atoms with Gasteiger partial charge in [-0.1, -0.05) is 12.1 Å². The Bertz CT molecular complexity index is 842. The fourth-order valence-electron chi connectivity index (χ4n) is 2.42. The number of hydrogen-bond acceptors (Lipinski definition) is 5.